The topological polar surface area (TPSA) is 49.4 Å². The van der Waals surface area contributed by atoms with Gasteiger partial charge in [-0.05, 0) is 45.7 Å². The Morgan fingerprint density at radius 3 is 2.17 bits per heavy atom. The Morgan fingerprint density at radius 2 is 1.59 bits per heavy atom. The van der Waals surface area contributed by atoms with Crippen LogP contribution in [0.4, 0.5) is 0 Å². The SMILES string of the molecule is CCNC(=O)C(C)N(Cc1ccc(C)cc1)C(=O)CSCc1cc(C)cc(C)c1. The van der Waals surface area contributed by atoms with E-state index in [2.05, 4.69) is 37.4 Å². The fourth-order valence-corrected chi connectivity index (χ4v) is 4.13. The first-order valence-corrected chi connectivity index (χ1v) is 11.2. The second-order valence-electron chi connectivity index (χ2n) is 7.57. The minimum absolute atomic E-state index is 0.0151. The number of thioether (sulfide) groups is 1. The highest BCUT2D eigenvalue weighted by Crippen LogP contribution is 2.18. The average molecular weight is 413 g/mol. The van der Waals surface area contributed by atoms with Gasteiger partial charge in [0, 0.05) is 18.8 Å². The largest absolute Gasteiger partial charge is 0.355 e. The molecule has 29 heavy (non-hydrogen) atoms. The zero-order valence-electron chi connectivity index (χ0n) is 18.1. The van der Waals surface area contributed by atoms with Gasteiger partial charge >= 0.3 is 0 Å². The van der Waals surface area contributed by atoms with Gasteiger partial charge in [0.15, 0.2) is 0 Å². The molecule has 1 atom stereocenters. The monoisotopic (exact) mass is 412 g/mol. The van der Waals surface area contributed by atoms with E-state index in [1.54, 1.807) is 23.6 Å². The number of amides is 2. The van der Waals surface area contributed by atoms with Crippen molar-refractivity contribution >= 4 is 23.6 Å². The van der Waals surface area contributed by atoms with Crippen molar-refractivity contribution in [3.8, 4) is 0 Å². The molecular weight excluding hydrogens is 380 g/mol. The first kappa shape index (κ1) is 23.0. The molecule has 0 aliphatic rings. The molecule has 2 aromatic carbocycles. The number of nitrogens with zero attached hydrogens (tertiary/aromatic N) is 1. The van der Waals surface area contributed by atoms with Crippen LogP contribution in [-0.4, -0.2) is 35.1 Å². The summed E-state index contributed by atoms with van der Waals surface area (Å²) in [6.07, 6.45) is 0. The molecule has 0 aromatic heterocycles. The van der Waals surface area contributed by atoms with E-state index >= 15 is 0 Å². The maximum Gasteiger partial charge on any atom is 0.242 e. The summed E-state index contributed by atoms with van der Waals surface area (Å²) in [5.74, 6) is 0.996. The van der Waals surface area contributed by atoms with Crippen LogP contribution in [-0.2, 0) is 21.9 Å². The molecule has 0 aliphatic carbocycles. The maximum atomic E-state index is 13.0. The van der Waals surface area contributed by atoms with Crippen molar-refractivity contribution < 1.29 is 9.59 Å². The van der Waals surface area contributed by atoms with Crippen LogP contribution in [0.3, 0.4) is 0 Å². The summed E-state index contributed by atoms with van der Waals surface area (Å²) in [4.78, 5) is 27.1. The molecule has 0 spiro atoms. The maximum absolute atomic E-state index is 13.0. The van der Waals surface area contributed by atoms with Crippen LogP contribution in [0.5, 0.6) is 0 Å². The average Bonchev–Trinajstić information content (AvgIpc) is 2.66. The molecule has 2 aromatic rings. The fraction of sp³-hybridized carbons (Fsp3) is 0.417. The molecule has 0 bridgehead atoms. The van der Waals surface area contributed by atoms with Crippen LogP contribution in [0.15, 0.2) is 42.5 Å². The van der Waals surface area contributed by atoms with Crippen LogP contribution in [0.25, 0.3) is 0 Å². The van der Waals surface area contributed by atoms with E-state index in [-0.39, 0.29) is 11.8 Å². The normalized spacial score (nSPS) is 11.8. The van der Waals surface area contributed by atoms with E-state index in [9.17, 15) is 9.59 Å². The number of aryl methyl sites for hydroxylation is 3. The Balaban J connectivity index is 2.06. The molecule has 1 N–H and O–H groups in total. The highest BCUT2D eigenvalue weighted by molar-refractivity contribution is 7.99. The lowest BCUT2D eigenvalue weighted by molar-refractivity contribution is -0.138. The standard InChI is InChI=1S/C24H32N2O2S/c1-6-25-24(28)20(5)26(14-21-9-7-17(2)8-10-21)23(27)16-29-15-22-12-18(3)11-19(4)13-22/h7-13,20H,6,14-16H2,1-5H3,(H,25,28). The van der Waals surface area contributed by atoms with Crippen LogP contribution in [0.1, 0.15) is 41.7 Å². The molecule has 5 heteroatoms. The highest BCUT2D eigenvalue weighted by atomic mass is 32.2. The van der Waals surface area contributed by atoms with Gasteiger partial charge < -0.3 is 10.2 Å². The van der Waals surface area contributed by atoms with E-state index < -0.39 is 6.04 Å². The number of carbonyl (C=O) groups excluding carboxylic acids is 2. The van der Waals surface area contributed by atoms with Crippen molar-refractivity contribution in [3.05, 3.63) is 70.3 Å². The molecule has 0 aliphatic heterocycles. The van der Waals surface area contributed by atoms with Crippen molar-refractivity contribution in [1.82, 2.24) is 10.2 Å². The first-order valence-electron chi connectivity index (χ1n) is 10.1. The molecule has 0 fully saturated rings. The highest BCUT2D eigenvalue weighted by Gasteiger charge is 2.25. The number of carbonyl (C=O) groups is 2. The van der Waals surface area contributed by atoms with Gasteiger partial charge in [-0.15, -0.1) is 11.8 Å². The summed E-state index contributed by atoms with van der Waals surface area (Å²) in [5, 5.41) is 2.83. The van der Waals surface area contributed by atoms with Gasteiger partial charge in [-0.3, -0.25) is 9.59 Å². The predicted octanol–water partition coefficient (Wildman–Crippen LogP) is 4.40. The van der Waals surface area contributed by atoms with Gasteiger partial charge in [0.2, 0.25) is 11.8 Å². The molecule has 0 saturated carbocycles. The van der Waals surface area contributed by atoms with Crippen LogP contribution < -0.4 is 5.32 Å². The Hall–Kier alpha value is -2.27. The second kappa shape index (κ2) is 11.1. The quantitative estimate of drug-likeness (QED) is 0.664. The third-order valence-corrected chi connectivity index (χ3v) is 5.76. The number of hydrogen-bond acceptors (Lipinski definition) is 3. The van der Waals surface area contributed by atoms with Crippen LogP contribution >= 0.6 is 11.8 Å². The lowest BCUT2D eigenvalue weighted by Gasteiger charge is -2.28. The first-order chi connectivity index (χ1) is 13.8. The molecule has 156 valence electrons. The van der Waals surface area contributed by atoms with Crippen molar-refractivity contribution in [1.29, 1.82) is 0 Å². The van der Waals surface area contributed by atoms with E-state index in [1.165, 1.54) is 22.3 Å². The van der Waals surface area contributed by atoms with E-state index in [4.69, 9.17) is 0 Å². The minimum Gasteiger partial charge on any atom is -0.355 e. The Kier molecular flexibility index (Phi) is 8.77. The van der Waals surface area contributed by atoms with Gasteiger partial charge in [0.25, 0.3) is 0 Å². The zero-order chi connectivity index (χ0) is 21.4. The molecule has 2 rings (SSSR count). The summed E-state index contributed by atoms with van der Waals surface area (Å²) in [7, 11) is 0. The van der Waals surface area contributed by atoms with Crippen LogP contribution in [0.2, 0.25) is 0 Å². The molecule has 0 radical (unpaired) electrons. The number of benzene rings is 2. The summed E-state index contributed by atoms with van der Waals surface area (Å²) in [5.41, 5.74) is 5.89. The predicted molar refractivity (Wildman–Crippen MR) is 122 cm³/mol. The van der Waals surface area contributed by atoms with E-state index in [0.29, 0.717) is 18.8 Å². The Bertz CT molecular complexity index is 813. The van der Waals surface area contributed by atoms with Crippen molar-refractivity contribution in [2.24, 2.45) is 0 Å². The summed E-state index contributed by atoms with van der Waals surface area (Å²) >= 11 is 1.59. The van der Waals surface area contributed by atoms with Crippen LogP contribution in [0, 0.1) is 20.8 Å². The second-order valence-corrected chi connectivity index (χ2v) is 8.55. The van der Waals surface area contributed by atoms with Crippen molar-refractivity contribution in [3.63, 3.8) is 0 Å². The number of nitrogens with one attached hydrogen (secondary N) is 1. The zero-order valence-corrected chi connectivity index (χ0v) is 18.9. The molecule has 4 nitrogen and oxygen atoms in total. The van der Waals surface area contributed by atoms with Gasteiger partial charge in [0.1, 0.15) is 6.04 Å². The summed E-state index contributed by atoms with van der Waals surface area (Å²) in [6, 6.07) is 14.1. The van der Waals surface area contributed by atoms with Crippen molar-refractivity contribution in [2.75, 3.05) is 12.3 Å². The lowest BCUT2D eigenvalue weighted by Crippen LogP contribution is -2.48. The van der Waals surface area contributed by atoms with E-state index in [1.807, 2.05) is 38.1 Å². The van der Waals surface area contributed by atoms with Gasteiger partial charge in [-0.25, -0.2) is 0 Å². The van der Waals surface area contributed by atoms with Gasteiger partial charge in [0.05, 0.1) is 5.75 Å². The van der Waals surface area contributed by atoms with Gasteiger partial charge in [-0.2, -0.15) is 0 Å². The number of likely N-dealkylation sites (N-methyl/N-ethyl adjacent to an activating group) is 1. The van der Waals surface area contributed by atoms with E-state index in [0.717, 1.165) is 11.3 Å². The molecular formula is C24H32N2O2S. The Labute approximate surface area is 179 Å². The molecule has 0 saturated heterocycles. The molecule has 0 heterocycles. The fourth-order valence-electron chi connectivity index (χ4n) is 3.29. The van der Waals surface area contributed by atoms with Crippen molar-refractivity contribution in [2.45, 2.75) is 53.0 Å². The third-order valence-electron chi connectivity index (χ3n) is 4.77. The van der Waals surface area contributed by atoms with Gasteiger partial charge in [-0.1, -0.05) is 59.2 Å². The molecule has 1 unspecified atom stereocenters. The minimum atomic E-state index is -0.509. The lowest BCUT2D eigenvalue weighted by atomic mass is 10.1. The Morgan fingerprint density at radius 1 is 0.966 bits per heavy atom. The molecule has 2 amide bonds. The summed E-state index contributed by atoms with van der Waals surface area (Å²) < 4.78 is 0. The third kappa shape index (κ3) is 7.24. The number of hydrogen-bond donors (Lipinski definition) is 1. The number of rotatable bonds is 9. The smallest absolute Gasteiger partial charge is 0.242 e. The summed E-state index contributed by atoms with van der Waals surface area (Å²) in [6.45, 7) is 10.9.